The molecule has 1 amide bonds. The van der Waals surface area contributed by atoms with Gasteiger partial charge in [-0.05, 0) is 30.3 Å². The van der Waals surface area contributed by atoms with E-state index in [0.29, 0.717) is 11.5 Å². The van der Waals surface area contributed by atoms with Crippen molar-refractivity contribution in [1.29, 1.82) is 0 Å². The van der Waals surface area contributed by atoms with E-state index >= 15 is 0 Å². The third-order valence-electron chi connectivity index (χ3n) is 2.16. The van der Waals surface area contributed by atoms with E-state index in [1.165, 1.54) is 0 Å². The number of nitrogens with zero attached hydrogens (tertiary/aromatic N) is 1. The summed E-state index contributed by atoms with van der Waals surface area (Å²) in [4.78, 5) is 14.9. The molecular formula is C11H12N4O. The SMILES string of the molecule is NC(=O)CNc1ccc2cc(N)ccc2n1. The maximum atomic E-state index is 10.6. The number of nitrogen functional groups attached to an aromatic ring is 1. The maximum absolute atomic E-state index is 10.6. The van der Waals surface area contributed by atoms with E-state index < -0.39 is 5.91 Å². The Bertz CT molecular complexity index is 538. The number of benzene rings is 1. The lowest BCUT2D eigenvalue weighted by molar-refractivity contribution is -0.116. The highest BCUT2D eigenvalue weighted by Crippen LogP contribution is 2.17. The van der Waals surface area contributed by atoms with E-state index in [2.05, 4.69) is 10.3 Å². The van der Waals surface area contributed by atoms with Gasteiger partial charge in [-0.1, -0.05) is 0 Å². The van der Waals surface area contributed by atoms with Gasteiger partial charge in [-0.15, -0.1) is 0 Å². The number of primary amides is 1. The van der Waals surface area contributed by atoms with E-state index in [-0.39, 0.29) is 6.54 Å². The van der Waals surface area contributed by atoms with Crippen molar-refractivity contribution >= 4 is 28.3 Å². The molecule has 5 N–H and O–H groups in total. The van der Waals surface area contributed by atoms with E-state index in [1.54, 1.807) is 12.1 Å². The molecule has 2 aromatic rings. The third kappa shape index (κ3) is 2.20. The van der Waals surface area contributed by atoms with Gasteiger partial charge in [0.2, 0.25) is 5.91 Å². The molecule has 0 aliphatic carbocycles. The zero-order chi connectivity index (χ0) is 11.5. The van der Waals surface area contributed by atoms with Crippen LogP contribution in [0.5, 0.6) is 0 Å². The van der Waals surface area contributed by atoms with Crippen LogP contribution in [0.15, 0.2) is 30.3 Å². The quantitative estimate of drug-likeness (QED) is 0.659. The lowest BCUT2D eigenvalue weighted by Gasteiger charge is -2.04. The Balaban J connectivity index is 2.30. The van der Waals surface area contributed by atoms with Gasteiger partial charge in [-0.2, -0.15) is 0 Å². The van der Waals surface area contributed by atoms with Crippen LogP contribution in [-0.4, -0.2) is 17.4 Å². The van der Waals surface area contributed by atoms with Gasteiger partial charge in [0.15, 0.2) is 0 Å². The van der Waals surface area contributed by atoms with Crippen LogP contribution in [-0.2, 0) is 4.79 Å². The minimum absolute atomic E-state index is 0.0769. The molecule has 0 spiro atoms. The molecule has 0 unspecified atom stereocenters. The fourth-order valence-corrected chi connectivity index (χ4v) is 1.42. The van der Waals surface area contributed by atoms with Crippen LogP contribution in [0.4, 0.5) is 11.5 Å². The third-order valence-corrected chi connectivity index (χ3v) is 2.16. The van der Waals surface area contributed by atoms with Gasteiger partial charge in [0, 0.05) is 11.1 Å². The Morgan fingerprint density at radius 1 is 1.31 bits per heavy atom. The van der Waals surface area contributed by atoms with Crippen molar-refractivity contribution < 1.29 is 4.79 Å². The molecule has 0 fully saturated rings. The molecule has 0 saturated carbocycles. The van der Waals surface area contributed by atoms with Gasteiger partial charge in [0.05, 0.1) is 12.1 Å². The van der Waals surface area contributed by atoms with Crippen molar-refractivity contribution in [3.63, 3.8) is 0 Å². The zero-order valence-electron chi connectivity index (χ0n) is 8.60. The highest BCUT2D eigenvalue weighted by Gasteiger charge is 1.99. The lowest BCUT2D eigenvalue weighted by Crippen LogP contribution is -2.22. The monoisotopic (exact) mass is 216 g/mol. The van der Waals surface area contributed by atoms with Gasteiger partial charge in [-0.3, -0.25) is 4.79 Å². The van der Waals surface area contributed by atoms with E-state index in [1.807, 2.05) is 18.2 Å². The predicted octanol–water partition coefficient (Wildman–Crippen LogP) is 0.714. The van der Waals surface area contributed by atoms with Crippen molar-refractivity contribution in [3.8, 4) is 0 Å². The summed E-state index contributed by atoms with van der Waals surface area (Å²) in [5, 5.41) is 3.80. The second kappa shape index (κ2) is 4.06. The minimum Gasteiger partial charge on any atom is -0.399 e. The fraction of sp³-hybridized carbons (Fsp3) is 0.0909. The van der Waals surface area contributed by atoms with Crippen molar-refractivity contribution in [3.05, 3.63) is 30.3 Å². The van der Waals surface area contributed by atoms with Crippen LogP contribution in [0, 0.1) is 0 Å². The van der Waals surface area contributed by atoms with Gasteiger partial charge < -0.3 is 16.8 Å². The zero-order valence-corrected chi connectivity index (χ0v) is 8.60. The number of hydrogen-bond acceptors (Lipinski definition) is 4. The molecule has 5 nitrogen and oxygen atoms in total. The maximum Gasteiger partial charge on any atom is 0.236 e. The molecule has 0 radical (unpaired) electrons. The Morgan fingerprint density at radius 2 is 2.12 bits per heavy atom. The summed E-state index contributed by atoms with van der Waals surface area (Å²) < 4.78 is 0. The standard InChI is InChI=1S/C11H12N4O/c12-8-2-3-9-7(5-8)1-4-11(15-9)14-6-10(13)16/h1-5H,6,12H2,(H2,13,16)(H,14,15). The average molecular weight is 216 g/mol. The first-order valence-corrected chi connectivity index (χ1v) is 4.83. The predicted molar refractivity (Wildman–Crippen MR) is 63.8 cm³/mol. The molecule has 1 aromatic carbocycles. The Morgan fingerprint density at radius 3 is 2.88 bits per heavy atom. The molecule has 1 heterocycles. The van der Waals surface area contributed by atoms with Gasteiger partial charge in [-0.25, -0.2) is 4.98 Å². The summed E-state index contributed by atoms with van der Waals surface area (Å²) in [5.41, 5.74) is 12.2. The molecule has 0 aliphatic heterocycles. The number of rotatable bonds is 3. The van der Waals surface area contributed by atoms with Gasteiger partial charge in [0.1, 0.15) is 5.82 Å². The summed E-state index contributed by atoms with van der Waals surface area (Å²) in [6.07, 6.45) is 0. The van der Waals surface area contributed by atoms with Crippen LogP contribution in [0.25, 0.3) is 10.9 Å². The van der Waals surface area contributed by atoms with Crippen molar-refractivity contribution in [2.24, 2.45) is 5.73 Å². The summed E-state index contributed by atoms with van der Waals surface area (Å²) in [6, 6.07) is 9.14. The molecule has 0 atom stereocenters. The van der Waals surface area contributed by atoms with E-state index in [4.69, 9.17) is 11.5 Å². The average Bonchev–Trinajstić information content (AvgIpc) is 2.26. The van der Waals surface area contributed by atoms with Crippen LogP contribution in [0.2, 0.25) is 0 Å². The number of amides is 1. The first-order valence-electron chi connectivity index (χ1n) is 4.83. The van der Waals surface area contributed by atoms with Gasteiger partial charge >= 0.3 is 0 Å². The number of aromatic nitrogens is 1. The van der Waals surface area contributed by atoms with Crippen LogP contribution in [0.1, 0.15) is 0 Å². The Hall–Kier alpha value is -2.30. The molecule has 0 aliphatic rings. The number of pyridine rings is 1. The van der Waals surface area contributed by atoms with E-state index in [0.717, 1.165) is 10.9 Å². The number of fused-ring (bicyclic) bond motifs is 1. The van der Waals surface area contributed by atoms with Crippen LogP contribution < -0.4 is 16.8 Å². The Kier molecular flexibility index (Phi) is 2.59. The smallest absolute Gasteiger partial charge is 0.236 e. The first kappa shape index (κ1) is 10.2. The molecule has 0 bridgehead atoms. The molecule has 82 valence electrons. The number of anilines is 2. The summed E-state index contributed by atoms with van der Waals surface area (Å²) in [7, 11) is 0. The summed E-state index contributed by atoms with van der Waals surface area (Å²) in [6.45, 7) is 0.0769. The molecule has 0 saturated heterocycles. The van der Waals surface area contributed by atoms with Crippen LogP contribution >= 0.6 is 0 Å². The number of carbonyl (C=O) groups excluding carboxylic acids is 1. The van der Waals surface area contributed by atoms with Crippen molar-refractivity contribution in [2.75, 3.05) is 17.6 Å². The highest BCUT2D eigenvalue weighted by atomic mass is 16.1. The second-order valence-corrected chi connectivity index (χ2v) is 3.47. The number of nitrogens with one attached hydrogen (secondary N) is 1. The first-order chi connectivity index (χ1) is 7.65. The normalized spacial score (nSPS) is 10.2. The highest BCUT2D eigenvalue weighted by molar-refractivity contribution is 5.84. The summed E-state index contributed by atoms with van der Waals surface area (Å²) >= 11 is 0. The lowest BCUT2D eigenvalue weighted by atomic mass is 10.2. The Labute approximate surface area is 92.5 Å². The van der Waals surface area contributed by atoms with Gasteiger partial charge in [0.25, 0.3) is 0 Å². The fourth-order valence-electron chi connectivity index (χ4n) is 1.42. The molecular weight excluding hydrogens is 204 g/mol. The minimum atomic E-state index is -0.417. The van der Waals surface area contributed by atoms with Crippen molar-refractivity contribution in [2.45, 2.75) is 0 Å². The molecule has 5 heteroatoms. The number of carbonyl (C=O) groups is 1. The van der Waals surface area contributed by atoms with E-state index in [9.17, 15) is 4.79 Å². The number of hydrogen-bond donors (Lipinski definition) is 3. The molecule has 2 rings (SSSR count). The topological polar surface area (TPSA) is 94.0 Å². The number of nitrogens with two attached hydrogens (primary N) is 2. The molecule has 16 heavy (non-hydrogen) atoms. The van der Waals surface area contributed by atoms with Crippen LogP contribution in [0.3, 0.4) is 0 Å². The van der Waals surface area contributed by atoms with Crippen molar-refractivity contribution in [1.82, 2.24) is 4.98 Å². The largest absolute Gasteiger partial charge is 0.399 e. The summed E-state index contributed by atoms with van der Waals surface area (Å²) in [5.74, 6) is 0.204. The molecule has 1 aromatic heterocycles. The second-order valence-electron chi connectivity index (χ2n) is 3.47.